The molecule has 0 aliphatic heterocycles. The molecule has 1 aromatic carbocycles. The Morgan fingerprint density at radius 1 is 1.32 bits per heavy atom. The minimum Gasteiger partial charge on any atom is -0.358 e. The maximum atomic E-state index is 8.24. The SMILES string of the molecule is [2H]C([2H])([2H])c1ccc(-c2c[c-]c(C([2H])(C([2H])([2H])[2H])C([2H])([2H])[2H])c[n+]2C)c(C)c1.[CH2-]C.[CH3-].[Ce+3]. The van der Waals surface area contributed by atoms with Crippen LogP contribution in [0.5, 0.6) is 0 Å². The Bertz CT molecular complexity index is 871. The molecule has 0 bridgehead atoms. The number of nitrogens with zero attached hydrogens (tertiary/aromatic N) is 1. The summed E-state index contributed by atoms with van der Waals surface area (Å²) in [7, 11) is 1.60. The average Bonchev–Trinajstić information content (AvgIpc) is 2.60. The Balaban J connectivity index is 0. The molecule has 0 unspecified atom stereocenters. The van der Waals surface area contributed by atoms with Crippen LogP contribution in [0.2, 0.25) is 0 Å². The number of hydrogen-bond acceptors (Lipinski definition) is 0. The van der Waals surface area contributed by atoms with Gasteiger partial charge in [-0.15, -0.1) is 6.07 Å². The summed E-state index contributed by atoms with van der Waals surface area (Å²) in [5.74, 6) is -2.82. The molecule has 0 amide bonds. The van der Waals surface area contributed by atoms with E-state index in [2.05, 4.69) is 13.0 Å². The van der Waals surface area contributed by atoms with Crippen molar-refractivity contribution >= 4 is 0 Å². The molecule has 1 nitrogen and oxygen atoms in total. The van der Waals surface area contributed by atoms with Crippen LogP contribution >= 0.6 is 0 Å². The molecule has 117 valence electrons. The van der Waals surface area contributed by atoms with E-state index in [0.29, 0.717) is 16.8 Å². The number of aromatic nitrogens is 1. The van der Waals surface area contributed by atoms with Crippen molar-refractivity contribution in [1.29, 1.82) is 0 Å². The molecule has 1 heterocycles. The van der Waals surface area contributed by atoms with Gasteiger partial charge in [-0.25, -0.2) is 0 Å². The number of aryl methyl sites for hydroxylation is 3. The largest absolute Gasteiger partial charge is 3.00 e. The van der Waals surface area contributed by atoms with E-state index >= 15 is 0 Å². The molecular weight excluding hydrogens is 394 g/mol. The molecule has 22 heavy (non-hydrogen) atoms. The Kier molecular flexibility index (Phi) is 5.44. The fraction of sp³-hybridized carbons (Fsp3) is 0.350. The van der Waals surface area contributed by atoms with Crippen LogP contribution in [0.25, 0.3) is 11.3 Å². The van der Waals surface area contributed by atoms with Gasteiger partial charge in [-0.05, 0) is 30.8 Å². The van der Waals surface area contributed by atoms with Gasteiger partial charge in [0.25, 0.3) is 0 Å². The van der Waals surface area contributed by atoms with Crippen LogP contribution in [0.3, 0.4) is 0 Å². The fourth-order valence-electron chi connectivity index (χ4n) is 1.90. The molecule has 0 N–H and O–H groups in total. The summed E-state index contributed by atoms with van der Waals surface area (Å²) in [4.78, 5) is 0. The molecule has 0 saturated carbocycles. The molecule has 0 atom stereocenters. The van der Waals surface area contributed by atoms with E-state index in [9.17, 15) is 0 Å². The van der Waals surface area contributed by atoms with E-state index in [1.165, 1.54) is 22.9 Å². The first-order valence-electron chi connectivity index (χ1n) is 11.2. The second-order valence-corrected chi connectivity index (χ2v) is 4.23. The third-order valence-corrected chi connectivity index (χ3v) is 2.84. The number of hydrogen-bond donors (Lipinski definition) is 0. The summed E-state index contributed by atoms with van der Waals surface area (Å²) in [5, 5.41) is 0. The van der Waals surface area contributed by atoms with Crippen LogP contribution in [-0.2, 0) is 7.05 Å². The monoisotopic (exact) mass is 433 g/mol. The second kappa shape index (κ2) is 11.3. The summed E-state index contributed by atoms with van der Waals surface area (Å²) >= 11 is 0. The Morgan fingerprint density at radius 2 is 2.00 bits per heavy atom. The van der Waals surface area contributed by atoms with E-state index < -0.39 is 26.4 Å². The zero-order valence-electron chi connectivity index (χ0n) is 23.5. The zero-order valence-corrected chi connectivity index (χ0v) is 16.7. The number of pyridine rings is 1. The van der Waals surface area contributed by atoms with Crippen molar-refractivity contribution in [2.45, 2.75) is 40.3 Å². The first kappa shape index (κ1) is 10.6. The first-order chi connectivity index (χ1) is 13.5. The molecule has 1 aromatic heterocycles. The smallest absolute Gasteiger partial charge is 0.358 e. The van der Waals surface area contributed by atoms with Crippen molar-refractivity contribution in [3.05, 3.63) is 67.6 Å². The van der Waals surface area contributed by atoms with Gasteiger partial charge in [0.1, 0.15) is 12.7 Å². The zero-order chi connectivity index (χ0) is 23.7. The van der Waals surface area contributed by atoms with Gasteiger partial charge in [-0.3, -0.25) is 0 Å². The van der Waals surface area contributed by atoms with E-state index in [1.807, 2.05) is 0 Å². The third-order valence-electron chi connectivity index (χ3n) is 2.84. The number of rotatable bonds is 2. The first-order valence-corrected chi connectivity index (χ1v) is 6.24. The van der Waals surface area contributed by atoms with Gasteiger partial charge >= 0.3 is 41.7 Å². The van der Waals surface area contributed by atoms with Gasteiger partial charge in [-0.2, -0.15) is 13.0 Å². The van der Waals surface area contributed by atoms with Gasteiger partial charge in [0.15, 0.2) is 0 Å². The Hall–Kier alpha value is -0.253. The molecule has 0 saturated heterocycles. The van der Waals surface area contributed by atoms with Gasteiger partial charge in [-0.1, -0.05) is 43.0 Å². The summed E-state index contributed by atoms with van der Waals surface area (Å²) in [6.45, 7) is -1.65. The van der Waals surface area contributed by atoms with E-state index in [-0.39, 0.29) is 60.3 Å². The van der Waals surface area contributed by atoms with E-state index in [1.54, 1.807) is 33.0 Å². The quantitative estimate of drug-likeness (QED) is 0.463. The van der Waals surface area contributed by atoms with Crippen molar-refractivity contribution in [3.8, 4) is 11.3 Å². The molecule has 2 heteroatoms. The maximum absolute atomic E-state index is 8.24. The normalized spacial score (nSPS) is 18.2. The summed E-state index contributed by atoms with van der Waals surface area (Å²) in [6.07, 6.45) is 1.28. The minimum absolute atomic E-state index is 0. The molecule has 0 aliphatic carbocycles. The number of benzene rings is 1. The summed E-state index contributed by atoms with van der Waals surface area (Å²) in [6, 6.07) is 8.77. The van der Waals surface area contributed by atoms with E-state index in [0.717, 1.165) is 0 Å². The van der Waals surface area contributed by atoms with E-state index in [4.69, 9.17) is 13.7 Å². The van der Waals surface area contributed by atoms with Crippen molar-refractivity contribution in [1.82, 2.24) is 0 Å². The van der Waals surface area contributed by atoms with Crippen LogP contribution in [0, 0.1) is 75.9 Å². The molecule has 0 fully saturated rings. The van der Waals surface area contributed by atoms with Crippen molar-refractivity contribution < 1.29 is 60.0 Å². The molecule has 0 aliphatic rings. The summed E-state index contributed by atoms with van der Waals surface area (Å²) in [5.41, 5.74) is 1.89. The fourth-order valence-corrected chi connectivity index (χ4v) is 1.90. The standard InChI is InChI=1S/C17H21N.C2H5.CH3.Ce/c1-12(2)15-7-9-17(18(5)11-15)16-8-6-13(3)10-14(16)4;1-2;;/h6,8-12H,1-5H3;1H2,2H3;1H3;/q;2*-1;+3/i1D3,2D3,3D3,12D;;;. The predicted octanol–water partition coefficient (Wildman–Crippen LogP) is 5.01. The molecule has 2 rings (SSSR count). The maximum Gasteiger partial charge on any atom is 3.00 e. The molecule has 0 spiro atoms. The molecular formula is C20H29CeN+. The minimum atomic E-state index is -3.08. The van der Waals surface area contributed by atoms with Crippen LogP contribution in [-0.4, -0.2) is 0 Å². The Labute approximate surface area is 185 Å². The van der Waals surface area contributed by atoms with Gasteiger partial charge in [0.05, 0.1) is 6.20 Å². The molecule has 1 radical (unpaired) electrons. The van der Waals surface area contributed by atoms with Gasteiger partial charge < -0.3 is 18.9 Å². The van der Waals surface area contributed by atoms with Crippen LogP contribution in [0.15, 0.2) is 30.5 Å². The average molecular weight is 434 g/mol. The second-order valence-electron chi connectivity index (χ2n) is 4.23. The van der Waals surface area contributed by atoms with Gasteiger partial charge in [0, 0.05) is 13.7 Å². The third kappa shape index (κ3) is 6.09. The topological polar surface area (TPSA) is 3.88 Å². The van der Waals surface area contributed by atoms with Crippen molar-refractivity contribution in [3.63, 3.8) is 0 Å². The summed E-state index contributed by atoms with van der Waals surface area (Å²) < 4.78 is 77.8. The van der Waals surface area contributed by atoms with Crippen LogP contribution in [0.1, 0.15) is 56.9 Å². The van der Waals surface area contributed by atoms with Gasteiger partial charge in [0.2, 0.25) is 0 Å². The predicted molar refractivity (Wildman–Crippen MR) is 92.9 cm³/mol. The van der Waals surface area contributed by atoms with Crippen molar-refractivity contribution in [2.75, 3.05) is 0 Å². The van der Waals surface area contributed by atoms with Crippen LogP contribution < -0.4 is 4.57 Å². The molecule has 2 aromatic rings. The van der Waals surface area contributed by atoms with Crippen LogP contribution in [0.4, 0.5) is 0 Å². The Morgan fingerprint density at radius 3 is 2.50 bits per heavy atom. The van der Waals surface area contributed by atoms with Crippen molar-refractivity contribution in [2.24, 2.45) is 7.05 Å².